The predicted molar refractivity (Wildman–Crippen MR) is 101 cm³/mol. The third-order valence-corrected chi connectivity index (χ3v) is 4.13. The maximum atomic E-state index is 12.0. The molecule has 0 saturated heterocycles. The van der Waals surface area contributed by atoms with Crippen LogP contribution in [0.3, 0.4) is 0 Å². The average Bonchev–Trinajstić information content (AvgIpc) is 2.92. The molecule has 0 saturated carbocycles. The van der Waals surface area contributed by atoms with E-state index < -0.39 is 0 Å². The summed E-state index contributed by atoms with van der Waals surface area (Å²) in [5.41, 5.74) is 3.08. The van der Waals surface area contributed by atoms with Gasteiger partial charge in [-0.15, -0.1) is 0 Å². The number of carbonyl (C=O) groups excluding carboxylic acids is 2. The van der Waals surface area contributed by atoms with Crippen molar-refractivity contribution in [3.05, 3.63) is 42.5 Å². The maximum Gasteiger partial charge on any atom is 0.319 e. The number of fused-ring (bicyclic) bond motifs is 3. The molecule has 0 aliphatic rings. The van der Waals surface area contributed by atoms with E-state index in [-0.39, 0.29) is 11.9 Å². The lowest BCUT2D eigenvalue weighted by atomic mass is 10.1. The first kappa shape index (κ1) is 16.8. The van der Waals surface area contributed by atoms with Crippen molar-refractivity contribution in [1.29, 1.82) is 0 Å². The molecule has 0 radical (unpaired) electrons. The van der Waals surface area contributed by atoms with E-state index >= 15 is 0 Å². The molecule has 25 heavy (non-hydrogen) atoms. The molecule has 2 aromatic carbocycles. The first-order chi connectivity index (χ1) is 12.1. The van der Waals surface area contributed by atoms with Gasteiger partial charge in [-0.25, -0.2) is 4.79 Å². The zero-order valence-corrected chi connectivity index (χ0v) is 14.4. The van der Waals surface area contributed by atoms with Crippen LogP contribution in [-0.4, -0.2) is 29.6 Å². The van der Waals surface area contributed by atoms with Gasteiger partial charge in [0.15, 0.2) is 0 Å². The average molecular weight is 338 g/mol. The van der Waals surface area contributed by atoms with Crippen LogP contribution in [0.2, 0.25) is 0 Å². The Morgan fingerprint density at radius 2 is 1.68 bits per heavy atom. The highest BCUT2D eigenvalue weighted by atomic mass is 16.2. The van der Waals surface area contributed by atoms with E-state index in [4.69, 9.17) is 0 Å². The number of carbonyl (C=O) groups is 2. The second-order valence-corrected chi connectivity index (χ2v) is 5.86. The Hall–Kier alpha value is -3.02. The van der Waals surface area contributed by atoms with Crippen molar-refractivity contribution in [2.75, 3.05) is 18.4 Å². The minimum atomic E-state index is -0.288. The van der Waals surface area contributed by atoms with Gasteiger partial charge in [-0.1, -0.05) is 18.2 Å². The van der Waals surface area contributed by atoms with Crippen LogP contribution >= 0.6 is 0 Å². The highest BCUT2D eigenvalue weighted by Crippen LogP contribution is 2.30. The van der Waals surface area contributed by atoms with Crippen molar-refractivity contribution in [2.45, 2.75) is 20.4 Å². The number of benzene rings is 2. The lowest BCUT2D eigenvalue weighted by Gasteiger charge is -2.08. The second-order valence-electron chi connectivity index (χ2n) is 5.86. The van der Waals surface area contributed by atoms with Gasteiger partial charge in [0.25, 0.3) is 0 Å². The van der Waals surface area contributed by atoms with Gasteiger partial charge in [0.1, 0.15) is 0 Å². The molecule has 0 spiro atoms. The predicted octanol–water partition coefficient (Wildman–Crippen LogP) is 3.07. The molecular weight excluding hydrogens is 316 g/mol. The highest BCUT2D eigenvalue weighted by Gasteiger charge is 2.10. The molecular formula is C19H22N4O2. The number of hydrogen-bond donors (Lipinski definition) is 3. The Labute approximate surface area is 146 Å². The number of anilines is 1. The van der Waals surface area contributed by atoms with Gasteiger partial charge in [-0.2, -0.15) is 0 Å². The van der Waals surface area contributed by atoms with Gasteiger partial charge in [-0.3, -0.25) is 4.79 Å². The molecule has 0 atom stereocenters. The van der Waals surface area contributed by atoms with Crippen LogP contribution in [0.15, 0.2) is 42.5 Å². The lowest BCUT2D eigenvalue weighted by molar-refractivity contribution is -0.118. The molecule has 3 aromatic rings. The summed E-state index contributed by atoms with van der Waals surface area (Å²) in [5, 5.41) is 10.5. The number of rotatable bonds is 5. The third-order valence-electron chi connectivity index (χ3n) is 4.13. The van der Waals surface area contributed by atoms with E-state index in [0.717, 1.165) is 23.1 Å². The van der Waals surface area contributed by atoms with Crippen LogP contribution < -0.4 is 16.0 Å². The highest BCUT2D eigenvalue weighted by molar-refractivity contribution is 6.09. The molecule has 0 bridgehead atoms. The number of nitrogens with one attached hydrogen (secondary N) is 3. The van der Waals surface area contributed by atoms with E-state index in [0.29, 0.717) is 13.1 Å². The molecule has 3 amide bonds. The summed E-state index contributed by atoms with van der Waals surface area (Å²) in [7, 11) is 0. The van der Waals surface area contributed by atoms with Crippen LogP contribution in [0.4, 0.5) is 10.5 Å². The van der Waals surface area contributed by atoms with Crippen LogP contribution in [0, 0.1) is 0 Å². The Balaban J connectivity index is 1.78. The first-order valence-electron chi connectivity index (χ1n) is 8.40. The molecule has 0 aliphatic carbocycles. The van der Waals surface area contributed by atoms with Crippen molar-refractivity contribution in [3.63, 3.8) is 0 Å². The summed E-state index contributed by atoms with van der Waals surface area (Å²) in [6, 6.07) is 13.9. The van der Waals surface area contributed by atoms with Crippen LogP contribution in [0.5, 0.6) is 0 Å². The number of urea groups is 1. The van der Waals surface area contributed by atoms with Gasteiger partial charge >= 0.3 is 6.03 Å². The lowest BCUT2D eigenvalue weighted by Crippen LogP contribution is -2.36. The van der Waals surface area contributed by atoms with E-state index in [1.165, 1.54) is 17.8 Å². The van der Waals surface area contributed by atoms with Crippen LogP contribution in [-0.2, 0) is 11.3 Å². The number of aromatic nitrogens is 1. The zero-order valence-electron chi connectivity index (χ0n) is 14.4. The minimum Gasteiger partial charge on any atom is -0.355 e. The monoisotopic (exact) mass is 338 g/mol. The Morgan fingerprint density at radius 1 is 0.960 bits per heavy atom. The van der Waals surface area contributed by atoms with E-state index in [2.05, 4.69) is 39.6 Å². The number of amides is 3. The van der Waals surface area contributed by atoms with E-state index in [9.17, 15) is 9.59 Å². The summed E-state index contributed by atoms with van der Waals surface area (Å²) >= 11 is 0. The second kappa shape index (κ2) is 7.25. The Morgan fingerprint density at radius 3 is 2.44 bits per heavy atom. The number of aryl methyl sites for hydroxylation is 1. The van der Waals surface area contributed by atoms with Crippen molar-refractivity contribution in [1.82, 2.24) is 15.2 Å². The van der Waals surface area contributed by atoms with Crippen molar-refractivity contribution in [3.8, 4) is 0 Å². The molecule has 6 nitrogen and oxygen atoms in total. The van der Waals surface area contributed by atoms with Crippen LogP contribution in [0.1, 0.15) is 13.8 Å². The third kappa shape index (κ3) is 3.57. The van der Waals surface area contributed by atoms with Gasteiger partial charge in [0.05, 0.1) is 0 Å². The normalized spacial score (nSPS) is 10.8. The Bertz CT molecular complexity index is 930. The molecule has 1 heterocycles. The summed E-state index contributed by atoms with van der Waals surface area (Å²) in [6.45, 7) is 5.25. The van der Waals surface area contributed by atoms with Gasteiger partial charge in [0, 0.05) is 54.1 Å². The Kier molecular flexibility index (Phi) is 4.88. The molecule has 0 unspecified atom stereocenters. The fraction of sp³-hybridized carbons (Fsp3) is 0.263. The van der Waals surface area contributed by atoms with Gasteiger partial charge in [-0.05, 0) is 31.2 Å². The standard InChI is InChI=1S/C19H22N4O2/c1-3-23-17-7-5-4-6-15(17)16-12-14(8-9-18(16)23)22-19(25)21-11-10-20-13(2)24/h4-9,12H,3,10-11H2,1-2H3,(H,20,24)(H2,21,22,25). The molecule has 130 valence electrons. The fourth-order valence-corrected chi connectivity index (χ4v) is 3.06. The molecule has 1 aromatic heterocycles. The first-order valence-corrected chi connectivity index (χ1v) is 8.40. The van der Waals surface area contributed by atoms with E-state index in [1.54, 1.807) is 0 Å². The largest absolute Gasteiger partial charge is 0.355 e. The summed E-state index contributed by atoms with van der Waals surface area (Å²) in [6.07, 6.45) is 0. The smallest absolute Gasteiger partial charge is 0.319 e. The van der Waals surface area contributed by atoms with Crippen molar-refractivity contribution in [2.24, 2.45) is 0 Å². The minimum absolute atomic E-state index is 0.111. The van der Waals surface area contributed by atoms with Gasteiger partial charge in [0.2, 0.25) is 5.91 Å². The summed E-state index contributed by atoms with van der Waals surface area (Å²) in [5.74, 6) is -0.111. The molecule has 6 heteroatoms. The molecule has 0 aliphatic heterocycles. The van der Waals surface area contributed by atoms with Gasteiger partial charge < -0.3 is 20.5 Å². The molecule has 3 N–H and O–H groups in total. The molecule has 0 fully saturated rings. The fourth-order valence-electron chi connectivity index (χ4n) is 3.06. The maximum absolute atomic E-state index is 12.0. The zero-order chi connectivity index (χ0) is 17.8. The quantitative estimate of drug-likeness (QED) is 0.625. The van der Waals surface area contributed by atoms with Crippen LogP contribution in [0.25, 0.3) is 21.8 Å². The van der Waals surface area contributed by atoms with E-state index in [1.807, 2.05) is 30.3 Å². The number of hydrogen-bond acceptors (Lipinski definition) is 2. The number of nitrogens with zero attached hydrogens (tertiary/aromatic N) is 1. The van der Waals surface area contributed by atoms with Crippen molar-refractivity contribution < 1.29 is 9.59 Å². The summed E-state index contributed by atoms with van der Waals surface area (Å²) in [4.78, 5) is 22.8. The molecule has 3 rings (SSSR count). The topological polar surface area (TPSA) is 75.2 Å². The summed E-state index contributed by atoms with van der Waals surface area (Å²) < 4.78 is 2.27. The van der Waals surface area contributed by atoms with Crippen molar-refractivity contribution >= 4 is 39.4 Å². The number of para-hydroxylation sites is 1. The SMILES string of the molecule is CCn1c2ccccc2c2cc(NC(=O)NCCNC(C)=O)ccc21.